The highest BCUT2D eigenvalue weighted by Crippen LogP contribution is 2.41. The zero-order chi connectivity index (χ0) is 35.5. The van der Waals surface area contributed by atoms with Crippen molar-refractivity contribution in [2.75, 3.05) is 0 Å². The molecule has 54 heavy (non-hydrogen) atoms. The molecule has 250 valence electrons. The van der Waals surface area contributed by atoms with Crippen LogP contribution in [0.2, 0.25) is 0 Å². The number of aromatic nitrogens is 2. The van der Waals surface area contributed by atoms with Crippen molar-refractivity contribution in [1.82, 2.24) is 9.13 Å². The van der Waals surface area contributed by atoms with E-state index < -0.39 is 0 Å². The molecule has 0 fully saturated rings. The summed E-state index contributed by atoms with van der Waals surface area (Å²) in [6.07, 6.45) is 0. The zero-order valence-corrected chi connectivity index (χ0v) is 29.6. The first kappa shape index (κ1) is 29.4. The normalized spacial score (nSPS) is 12.1. The molecule has 0 saturated heterocycles. The van der Waals surface area contributed by atoms with Crippen LogP contribution in [0.25, 0.3) is 108 Å². The number of hydrogen-bond acceptors (Lipinski definition) is 3. The van der Waals surface area contributed by atoms with Gasteiger partial charge in [0.2, 0.25) is 0 Å². The number of thiophene rings is 1. The summed E-state index contributed by atoms with van der Waals surface area (Å²) in [6, 6.07) is 60.8. The van der Waals surface area contributed by atoms with Crippen molar-refractivity contribution in [1.29, 1.82) is 5.26 Å². The number of hydrogen-bond donors (Lipinski definition) is 0. The number of nitrogens with zero attached hydrogens (tertiary/aromatic N) is 3. The summed E-state index contributed by atoms with van der Waals surface area (Å²) in [4.78, 5) is 0. The lowest BCUT2D eigenvalue weighted by Crippen LogP contribution is -1.93. The van der Waals surface area contributed by atoms with Gasteiger partial charge in [-0.05, 0) is 102 Å². The van der Waals surface area contributed by atoms with Crippen molar-refractivity contribution in [3.05, 3.63) is 169 Å². The Balaban J connectivity index is 1.01. The summed E-state index contributed by atoms with van der Waals surface area (Å²) in [6.45, 7) is 0. The lowest BCUT2D eigenvalue weighted by Gasteiger charge is -2.09. The molecular formula is C49H27N3OS. The number of rotatable bonds is 3. The Labute approximate surface area is 312 Å². The highest BCUT2D eigenvalue weighted by atomic mass is 32.1. The van der Waals surface area contributed by atoms with Gasteiger partial charge in [-0.1, -0.05) is 72.8 Å². The summed E-state index contributed by atoms with van der Waals surface area (Å²) in [7, 11) is 0. The molecule has 12 rings (SSSR count). The molecule has 0 aliphatic heterocycles. The third-order valence-electron chi connectivity index (χ3n) is 11.1. The van der Waals surface area contributed by atoms with E-state index in [0.717, 1.165) is 55.0 Å². The second-order valence-electron chi connectivity index (χ2n) is 14.1. The van der Waals surface area contributed by atoms with E-state index in [4.69, 9.17) is 4.42 Å². The molecule has 0 amide bonds. The standard InChI is InChI=1S/C49H27N3OS/c50-28-29-13-18-37-36-9-3-6-12-44(36)52(45(37)23-29)32-16-20-47-39(26-32)38-24-30(14-19-46(38)53-47)31-15-21-48-40(25-31)41-27-33(17-22-49(41)54-48)51-42-10-4-1-7-34(42)35-8-2-5-11-43(35)51/h1-27H. The third kappa shape index (κ3) is 4.11. The van der Waals surface area contributed by atoms with Crippen molar-refractivity contribution < 1.29 is 4.42 Å². The molecule has 4 nitrogen and oxygen atoms in total. The van der Waals surface area contributed by atoms with Gasteiger partial charge in [0.05, 0.1) is 33.7 Å². The van der Waals surface area contributed by atoms with Gasteiger partial charge in [0.1, 0.15) is 11.2 Å². The van der Waals surface area contributed by atoms with Gasteiger partial charge in [-0.15, -0.1) is 11.3 Å². The van der Waals surface area contributed by atoms with Crippen LogP contribution >= 0.6 is 11.3 Å². The van der Waals surface area contributed by atoms with Crippen LogP contribution < -0.4 is 0 Å². The Hall–Kier alpha value is -7.13. The molecule has 0 atom stereocenters. The van der Waals surface area contributed by atoms with E-state index in [1.54, 1.807) is 0 Å². The van der Waals surface area contributed by atoms with Gasteiger partial charge < -0.3 is 13.6 Å². The minimum Gasteiger partial charge on any atom is -0.456 e. The van der Waals surface area contributed by atoms with Crippen LogP contribution in [0, 0.1) is 11.3 Å². The largest absolute Gasteiger partial charge is 0.456 e. The maximum absolute atomic E-state index is 9.73. The average Bonchev–Trinajstić information content (AvgIpc) is 3.97. The van der Waals surface area contributed by atoms with Crippen molar-refractivity contribution >= 4 is 97.1 Å². The van der Waals surface area contributed by atoms with Gasteiger partial charge in [0, 0.05) is 63.9 Å². The Morgan fingerprint density at radius 1 is 0.407 bits per heavy atom. The smallest absolute Gasteiger partial charge is 0.135 e. The molecule has 0 saturated carbocycles. The number of para-hydroxylation sites is 3. The highest BCUT2D eigenvalue weighted by molar-refractivity contribution is 7.25. The first-order valence-corrected chi connectivity index (χ1v) is 18.9. The molecule has 5 heteroatoms. The molecule has 0 unspecified atom stereocenters. The fourth-order valence-corrected chi connectivity index (χ4v) is 9.75. The Morgan fingerprint density at radius 3 is 1.56 bits per heavy atom. The van der Waals surface area contributed by atoms with Gasteiger partial charge in [0.25, 0.3) is 0 Å². The third-order valence-corrected chi connectivity index (χ3v) is 12.3. The van der Waals surface area contributed by atoms with Crippen molar-refractivity contribution in [2.45, 2.75) is 0 Å². The highest BCUT2D eigenvalue weighted by Gasteiger charge is 2.17. The van der Waals surface area contributed by atoms with Crippen molar-refractivity contribution in [3.63, 3.8) is 0 Å². The molecule has 0 aliphatic rings. The summed E-state index contributed by atoms with van der Waals surface area (Å²) >= 11 is 1.84. The Morgan fingerprint density at radius 2 is 0.889 bits per heavy atom. The van der Waals surface area contributed by atoms with Gasteiger partial charge >= 0.3 is 0 Å². The van der Waals surface area contributed by atoms with Gasteiger partial charge in [-0.25, -0.2) is 0 Å². The van der Waals surface area contributed by atoms with E-state index in [2.05, 4.69) is 167 Å². The van der Waals surface area contributed by atoms with Crippen LogP contribution in [0.5, 0.6) is 0 Å². The molecule has 0 aliphatic carbocycles. The first-order chi connectivity index (χ1) is 26.7. The molecule has 0 spiro atoms. The molecule has 4 aromatic heterocycles. The monoisotopic (exact) mass is 705 g/mol. The first-order valence-electron chi connectivity index (χ1n) is 18.1. The number of nitriles is 1. The Bertz CT molecular complexity index is 3530. The lowest BCUT2D eigenvalue weighted by atomic mass is 10.0. The maximum atomic E-state index is 9.73. The second-order valence-corrected chi connectivity index (χ2v) is 15.1. The van der Waals surface area contributed by atoms with Crippen molar-refractivity contribution in [2.24, 2.45) is 0 Å². The predicted octanol–water partition coefficient (Wildman–Crippen LogP) is 13.7. The molecule has 0 bridgehead atoms. The van der Waals surface area contributed by atoms with Crippen LogP contribution in [-0.2, 0) is 0 Å². The summed E-state index contributed by atoms with van der Waals surface area (Å²) in [5.74, 6) is 0. The van der Waals surface area contributed by atoms with E-state index in [1.807, 2.05) is 23.5 Å². The minimum absolute atomic E-state index is 0.643. The SMILES string of the molecule is N#Cc1ccc2c3ccccc3n(-c3ccc4oc5ccc(-c6ccc7sc8ccc(-n9c%10ccccc%10c%10ccccc%109)cc8c7c6)cc5c4c3)c2c1. The molecule has 0 radical (unpaired) electrons. The van der Waals surface area contributed by atoms with Gasteiger partial charge in [-0.3, -0.25) is 0 Å². The lowest BCUT2D eigenvalue weighted by molar-refractivity contribution is 0.669. The fourth-order valence-electron chi connectivity index (χ4n) is 8.69. The topological polar surface area (TPSA) is 46.8 Å². The number of fused-ring (bicyclic) bond motifs is 12. The minimum atomic E-state index is 0.643. The van der Waals surface area contributed by atoms with Gasteiger partial charge in [0.15, 0.2) is 0 Å². The molecule has 8 aromatic carbocycles. The zero-order valence-electron chi connectivity index (χ0n) is 28.7. The number of furan rings is 1. The van der Waals surface area contributed by atoms with Gasteiger partial charge in [-0.2, -0.15) is 5.26 Å². The molecule has 12 aromatic rings. The van der Waals surface area contributed by atoms with Crippen LogP contribution in [0.3, 0.4) is 0 Å². The van der Waals surface area contributed by atoms with E-state index in [0.29, 0.717) is 5.56 Å². The van der Waals surface area contributed by atoms with E-state index >= 15 is 0 Å². The maximum Gasteiger partial charge on any atom is 0.135 e. The molecule has 0 N–H and O–H groups in total. The van der Waals surface area contributed by atoms with Crippen molar-refractivity contribution in [3.8, 4) is 28.6 Å². The van der Waals surface area contributed by atoms with Crippen LogP contribution in [-0.4, -0.2) is 9.13 Å². The average molecular weight is 706 g/mol. The fraction of sp³-hybridized carbons (Fsp3) is 0. The number of benzene rings is 8. The second kappa shape index (κ2) is 10.9. The quantitative estimate of drug-likeness (QED) is 0.184. The summed E-state index contributed by atoms with van der Waals surface area (Å²) < 4.78 is 13.6. The predicted molar refractivity (Wildman–Crippen MR) is 225 cm³/mol. The van der Waals surface area contributed by atoms with Crippen LogP contribution in [0.1, 0.15) is 5.56 Å². The molecule has 4 heterocycles. The summed E-state index contributed by atoms with van der Waals surface area (Å²) in [5.41, 5.74) is 11.4. The van der Waals surface area contributed by atoms with Crippen LogP contribution in [0.4, 0.5) is 0 Å². The Kier molecular flexibility index (Phi) is 5.97. The molecular weight excluding hydrogens is 679 g/mol. The van der Waals surface area contributed by atoms with Crippen LogP contribution in [0.15, 0.2) is 168 Å². The summed E-state index contributed by atoms with van der Waals surface area (Å²) in [5, 5.41) is 19.2. The van der Waals surface area contributed by atoms with E-state index in [1.165, 1.54) is 53.2 Å². The van der Waals surface area contributed by atoms with E-state index in [9.17, 15) is 5.26 Å². The van der Waals surface area contributed by atoms with E-state index in [-0.39, 0.29) is 0 Å².